The van der Waals surface area contributed by atoms with E-state index in [9.17, 15) is 19.5 Å². The normalized spacial score (nSPS) is 13.8. The average molecular weight is 437 g/mol. The Morgan fingerprint density at radius 3 is 2.45 bits per heavy atom. The number of carbonyl (C=O) groups excluding carboxylic acids is 1. The summed E-state index contributed by atoms with van der Waals surface area (Å²) in [7, 11) is 0. The van der Waals surface area contributed by atoms with E-state index in [2.05, 4.69) is 5.32 Å². The van der Waals surface area contributed by atoms with Gasteiger partial charge in [-0.15, -0.1) is 0 Å². The van der Waals surface area contributed by atoms with Gasteiger partial charge in [0.25, 0.3) is 11.5 Å². The van der Waals surface area contributed by atoms with Gasteiger partial charge in [0.2, 0.25) is 0 Å². The highest BCUT2D eigenvalue weighted by atomic mass is 16.4. The first-order valence-corrected chi connectivity index (χ1v) is 10.5. The van der Waals surface area contributed by atoms with Gasteiger partial charge in [0, 0.05) is 12.2 Å². The Morgan fingerprint density at radius 2 is 1.70 bits per heavy atom. The zero-order valence-electron chi connectivity index (χ0n) is 17.5. The maximum atomic E-state index is 13.0. The molecular weight excluding hydrogens is 418 g/mol. The number of aromatic nitrogens is 2. The lowest BCUT2D eigenvalue weighted by atomic mass is 10.1. The molecule has 7 nitrogen and oxygen atoms in total. The zero-order valence-corrected chi connectivity index (χ0v) is 17.5. The summed E-state index contributed by atoms with van der Waals surface area (Å²) >= 11 is 0. The van der Waals surface area contributed by atoms with E-state index in [1.807, 2.05) is 36.4 Å². The summed E-state index contributed by atoms with van der Waals surface area (Å²) in [6, 6.07) is 20.8. The van der Waals surface area contributed by atoms with Crippen LogP contribution in [0.5, 0.6) is 0 Å². The first-order chi connectivity index (χ1) is 16.0. The van der Waals surface area contributed by atoms with Crippen molar-refractivity contribution in [2.24, 2.45) is 0 Å². The topological polar surface area (TPSA) is 101 Å². The maximum absolute atomic E-state index is 13.0. The van der Waals surface area contributed by atoms with Crippen LogP contribution >= 0.6 is 0 Å². The Balaban J connectivity index is 1.52. The first-order valence-electron chi connectivity index (χ1n) is 10.5. The Bertz CT molecular complexity index is 1500. The van der Waals surface area contributed by atoms with E-state index < -0.39 is 11.9 Å². The van der Waals surface area contributed by atoms with E-state index in [4.69, 9.17) is 4.98 Å². The fourth-order valence-electron chi connectivity index (χ4n) is 4.05. The van der Waals surface area contributed by atoms with Crippen molar-refractivity contribution < 1.29 is 14.7 Å². The molecule has 162 valence electrons. The van der Waals surface area contributed by atoms with Crippen LogP contribution in [-0.2, 0) is 6.54 Å². The van der Waals surface area contributed by atoms with Crippen LogP contribution in [-0.4, -0.2) is 26.5 Å². The number of nitrogens with zero attached hydrogens (tertiary/aromatic N) is 2. The molecule has 1 aliphatic heterocycles. The number of allylic oxidation sites excluding steroid dienone is 1. The number of aromatic carboxylic acids is 1. The number of hydrogen-bond donors (Lipinski definition) is 2. The second-order valence-corrected chi connectivity index (χ2v) is 7.76. The number of carboxylic acids is 1. The molecule has 1 amide bonds. The van der Waals surface area contributed by atoms with Crippen molar-refractivity contribution in [1.82, 2.24) is 9.55 Å². The van der Waals surface area contributed by atoms with Gasteiger partial charge in [-0.2, -0.15) is 0 Å². The van der Waals surface area contributed by atoms with E-state index in [1.54, 1.807) is 34.9 Å². The predicted molar refractivity (Wildman–Crippen MR) is 126 cm³/mol. The third-order valence-corrected chi connectivity index (χ3v) is 5.65. The molecule has 5 rings (SSSR count). The molecule has 0 unspecified atom stereocenters. The summed E-state index contributed by atoms with van der Waals surface area (Å²) in [5.41, 5.74) is 2.76. The number of rotatable bonds is 4. The second kappa shape index (κ2) is 8.20. The van der Waals surface area contributed by atoms with Crippen LogP contribution in [0.25, 0.3) is 22.6 Å². The maximum Gasteiger partial charge on any atom is 0.336 e. The molecule has 3 aromatic carbocycles. The van der Waals surface area contributed by atoms with Gasteiger partial charge in [0.1, 0.15) is 5.82 Å². The largest absolute Gasteiger partial charge is 0.478 e. The first kappa shape index (κ1) is 20.4. The molecular formula is C26H19N3O4. The minimum Gasteiger partial charge on any atom is -0.478 e. The molecule has 1 aromatic heterocycles. The van der Waals surface area contributed by atoms with E-state index in [-0.39, 0.29) is 16.7 Å². The molecule has 0 spiro atoms. The quantitative estimate of drug-likeness (QED) is 0.496. The molecule has 1 aliphatic rings. The van der Waals surface area contributed by atoms with Crippen molar-refractivity contribution >= 4 is 40.1 Å². The van der Waals surface area contributed by atoms with Crippen molar-refractivity contribution in [3.63, 3.8) is 0 Å². The minimum absolute atomic E-state index is 0.0557. The van der Waals surface area contributed by atoms with Gasteiger partial charge < -0.3 is 10.4 Å². The van der Waals surface area contributed by atoms with Crippen molar-refractivity contribution in [2.45, 2.75) is 13.0 Å². The molecule has 0 fully saturated rings. The van der Waals surface area contributed by atoms with Gasteiger partial charge >= 0.3 is 5.97 Å². The zero-order chi connectivity index (χ0) is 22.9. The summed E-state index contributed by atoms with van der Waals surface area (Å²) in [4.78, 5) is 41.9. The number of carbonyl (C=O) groups is 2. The molecule has 0 aliphatic carbocycles. The highest BCUT2D eigenvalue weighted by molar-refractivity contribution is 6.11. The van der Waals surface area contributed by atoms with Crippen LogP contribution in [0.3, 0.4) is 0 Å². The molecule has 2 heterocycles. The highest BCUT2D eigenvalue weighted by Crippen LogP contribution is 2.28. The van der Waals surface area contributed by atoms with Gasteiger partial charge in [0.15, 0.2) is 0 Å². The lowest BCUT2D eigenvalue weighted by molar-refractivity contribution is 0.0692. The van der Waals surface area contributed by atoms with Crippen molar-refractivity contribution in [2.75, 3.05) is 5.32 Å². The Morgan fingerprint density at radius 1 is 0.970 bits per heavy atom. The highest BCUT2D eigenvalue weighted by Gasteiger charge is 2.21. The SMILES string of the molecule is O=C(O)c1ccccc1C(=O)Nc1ccc2c(=O)n3c(nc2c1)C(=Cc1ccccc1)CC3. The fourth-order valence-corrected chi connectivity index (χ4v) is 4.05. The lowest BCUT2D eigenvalue weighted by Gasteiger charge is -2.10. The molecule has 7 heteroatoms. The van der Waals surface area contributed by atoms with E-state index in [1.165, 1.54) is 12.1 Å². The lowest BCUT2D eigenvalue weighted by Crippen LogP contribution is -2.21. The monoisotopic (exact) mass is 437 g/mol. The van der Waals surface area contributed by atoms with Gasteiger partial charge in [-0.25, -0.2) is 9.78 Å². The van der Waals surface area contributed by atoms with Gasteiger partial charge in [-0.3, -0.25) is 14.2 Å². The Kier molecular flexibility index (Phi) is 5.06. The van der Waals surface area contributed by atoms with Crippen LogP contribution in [0.2, 0.25) is 0 Å². The van der Waals surface area contributed by atoms with Crippen LogP contribution in [0.15, 0.2) is 77.6 Å². The average Bonchev–Trinajstić information content (AvgIpc) is 3.22. The number of benzene rings is 3. The van der Waals surface area contributed by atoms with Gasteiger partial charge in [-0.05, 0) is 54.0 Å². The second-order valence-electron chi connectivity index (χ2n) is 7.76. The summed E-state index contributed by atoms with van der Waals surface area (Å²) < 4.78 is 1.68. The molecule has 0 saturated heterocycles. The van der Waals surface area contributed by atoms with E-state index in [0.717, 1.165) is 11.1 Å². The third kappa shape index (κ3) is 3.80. The van der Waals surface area contributed by atoms with Crippen LogP contribution in [0.4, 0.5) is 5.69 Å². The molecule has 0 bridgehead atoms. The summed E-state index contributed by atoms with van der Waals surface area (Å²) in [6.45, 7) is 0.570. The summed E-state index contributed by atoms with van der Waals surface area (Å²) in [6.07, 6.45) is 2.74. The molecule has 0 atom stereocenters. The predicted octanol–water partition coefficient (Wildman–Crippen LogP) is 4.29. The smallest absolute Gasteiger partial charge is 0.336 e. The van der Waals surface area contributed by atoms with Gasteiger partial charge in [-0.1, -0.05) is 42.5 Å². The van der Waals surface area contributed by atoms with Crippen LogP contribution in [0, 0.1) is 0 Å². The number of nitrogens with one attached hydrogen (secondary N) is 1. The van der Waals surface area contributed by atoms with Crippen molar-refractivity contribution in [3.8, 4) is 0 Å². The standard InChI is InChI=1S/C26H19N3O4/c30-24(19-8-4-5-9-20(19)26(32)33)27-18-10-11-21-22(15-18)28-23-17(12-13-29(23)25(21)31)14-16-6-2-1-3-7-16/h1-11,14-15H,12-13H2,(H,27,30)(H,32,33). The molecule has 33 heavy (non-hydrogen) atoms. The van der Waals surface area contributed by atoms with Crippen molar-refractivity contribution in [3.05, 3.63) is 106 Å². The van der Waals surface area contributed by atoms with Crippen LogP contribution in [0.1, 0.15) is 38.5 Å². The number of fused-ring (bicyclic) bond motifs is 2. The third-order valence-electron chi connectivity index (χ3n) is 5.65. The summed E-state index contributed by atoms with van der Waals surface area (Å²) in [5, 5.41) is 12.5. The van der Waals surface area contributed by atoms with E-state index in [0.29, 0.717) is 35.4 Å². The molecule has 2 N–H and O–H groups in total. The number of carboxylic acid groups (broad SMARTS) is 1. The molecule has 0 saturated carbocycles. The minimum atomic E-state index is -1.18. The number of hydrogen-bond acceptors (Lipinski definition) is 4. The van der Waals surface area contributed by atoms with Crippen molar-refractivity contribution in [1.29, 1.82) is 0 Å². The van der Waals surface area contributed by atoms with Crippen LogP contribution < -0.4 is 10.9 Å². The Labute approximate surface area is 188 Å². The number of amides is 1. The van der Waals surface area contributed by atoms with Gasteiger partial charge in [0.05, 0.1) is 22.0 Å². The Hall–Kier alpha value is -4.52. The molecule has 4 aromatic rings. The molecule has 0 radical (unpaired) electrons. The summed E-state index contributed by atoms with van der Waals surface area (Å²) in [5.74, 6) is -1.10. The fraction of sp³-hybridized carbons (Fsp3) is 0.0769. The number of anilines is 1. The van der Waals surface area contributed by atoms with E-state index >= 15 is 0 Å².